The van der Waals surface area contributed by atoms with Gasteiger partial charge in [0.05, 0.1) is 0 Å². The van der Waals surface area contributed by atoms with Crippen molar-refractivity contribution < 1.29 is 19.8 Å². The molecule has 0 aliphatic heterocycles. The van der Waals surface area contributed by atoms with E-state index in [9.17, 15) is 14.7 Å². The maximum atomic E-state index is 11.9. The van der Waals surface area contributed by atoms with Crippen LogP contribution in [0.15, 0.2) is 42.6 Å². The molecule has 6 nitrogen and oxygen atoms in total. The molecule has 0 atom stereocenters. The molecule has 1 aromatic carbocycles. The van der Waals surface area contributed by atoms with Crippen LogP contribution in [-0.4, -0.2) is 27.1 Å². The van der Waals surface area contributed by atoms with Crippen molar-refractivity contribution in [2.75, 3.05) is 5.32 Å². The largest absolute Gasteiger partial charge is 0.508 e. The van der Waals surface area contributed by atoms with Crippen LogP contribution < -0.4 is 5.32 Å². The molecule has 19 heavy (non-hydrogen) atoms. The molecule has 0 fully saturated rings. The fourth-order valence-corrected chi connectivity index (χ4v) is 1.50. The monoisotopic (exact) mass is 258 g/mol. The molecular formula is C13H10N2O4. The van der Waals surface area contributed by atoms with Gasteiger partial charge in [-0.05, 0) is 30.3 Å². The molecule has 0 saturated carbocycles. The fraction of sp³-hybridized carbons (Fsp3) is 0. The lowest BCUT2D eigenvalue weighted by Crippen LogP contribution is -2.15. The number of amides is 1. The molecule has 0 spiro atoms. The van der Waals surface area contributed by atoms with Gasteiger partial charge in [-0.3, -0.25) is 4.79 Å². The van der Waals surface area contributed by atoms with E-state index in [2.05, 4.69) is 10.3 Å². The molecule has 0 unspecified atom stereocenters. The number of anilines is 1. The van der Waals surface area contributed by atoms with Gasteiger partial charge < -0.3 is 15.5 Å². The minimum atomic E-state index is -1.18. The third-order valence-electron chi connectivity index (χ3n) is 2.38. The molecule has 2 aromatic rings. The summed E-state index contributed by atoms with van der Waals surface area (Å²) in [6, 6.07) is 8.53. The fourth-order valence-electron chi connectivity index (χ4n) is 1.50. The molecule has 0 radical (unpaired) electrons. The number of phenolic OH excluding ortho intramolecular Hbond substituents is 1. The number of hydrogen-bond acceptors (Lipinski definition) is 4. The van der Waals surface area contributed by atoms with Gasteiger partial charge in [0.25, 0.3) is 5.91 Å². The highest BCUT2D eigenvalue weighted by Gasteiger charge is 2.14. The van der Waals surface area contributed by atoms with Crippen molar-refractivity contribution in [3.63, 3.8) is 0 Å². The zero-order valence-corrected chi connectivity index (χ0v) is 9.70. The average molecular weight is 258 g/mol. The number of pyridine rings is 1. The summed E-state index contributed by atoms with van der Waals surface area (Å²) in [6.45, 7) is 0. The van der Waals surface area contributed by atoms with E-state index in [-0.39, 0.29) is 22.7 Å². The molecule has 3 N–H and O–H groups in total. The van der Waals surface area contributed by atoms with Gasteiger partial charge in [-0.25, -0.2) is 9.78 Å². The summed E-state index contributed by atoms with van der Waals surface area (Å²) in [5, 5.41) is 20.6. The van der Waals surface area contributed by atoms with Crippen molar-refractivity contribution in [2.24, 2.45) is 0 Å². The highest BCUT2D eigenvalue weighted by Crippen LogP contribution is 2.15. The maximum absolute atomic E-state index is 11.9. The number of benzene rings is 1. The Morgan fingerprint density at radius 1 is 1.16 bits per heavy atom. The van der Waals surface area contributed by atoms with Gasteiger partial charge in [-0.15, -0.1) is 0 Å². The van der Waals surface area contributed by atoms with E-state index in [4.69, 9.17) is 5.11 Å². The molecule has 1 heterocycles. The minimum absolute atomic E-state index is 0.0386. The lowest BCUT2D eigenvalue weighted by Gasteiger charge is -2.07. The first kappa shape index (κ1) is 12.6. The molecule has 0 bridgehead atoms. The van der Waals surface area contributed by atoms with Crippen LogP contribution in [0.4, 0.5) is 5.82 Å². The molecule has 2 rings (SSSR count). The van der Waals surface area contributed by atoms with Gasteiger partial charge in [-0.1, -0.05) is 6.07 Å². The van der Waals surface area contributed by atoms with Gasteiger partial charge in [0.15, 0.2) is 0 Å². The summed E-state index contributed by atoms with van der Waals surface area (Å²) in [6.07, 6.45) is 1.38. The summed E-state index contributed by atoms with van der Waals surface area (Å²) in [7, 11) is 0. The predicted molar refractivity (Wildman–Crippen MR) is 67.3 cm³/mol. The highest BCUT2D eigenvalue weighted by molar-refractivity contribution is 6.07. The molecule has 1 aromatic heterocycles. The SMILES string of the molecule is O=C(Nc1ncccc1C(=O)O)c1cccc(O)c1. The van der Waals surface area contributed by atoms with E-state index >= 15 is 0 Å². The van der Waals surface area contributed by atoms with E-state index in [1.54, 1.807) is 0 Å². The first-order valence-electron chi connectivity index (χ1n) is 5.36. The van der Waals surface area contributed by atoms with Crippen molar-refractivity contribution in [3.8, 4) is 5.75 Å². The zero-order valence-electron chi connectivity index (χ0n) is 9.70. The summed E-state index contributed by atoms with van der Waals surface area (Å²) in [4.78, 5) is 26.7. The Hall–Kier alpha value is -2.89. The van der Waals surface area contributed by atoms with Crippen molar-refractivity contribution in [1.29, 1.82) is 0 Å². The van der Waals surface area contributed by atoms with E-state index in [1.807, 2.05) is 0 Å². The van der Waals surface area contributed by atoms with E-state index in [0.717, 1.165) is 0 Å². The van der Waals surface area contributed by atoms with Gasteiger partial charge in [0.1, 0.15) is 17.1 Å². The maximum Gasteiger partial charge on any atom is 0.339 e. The lowest BCUT2D eigenvalue weighted by atomic mass is 10.2. The zero-order chi connectivity index (χ0) is 13.8. The molecule has 0 aliphatic rings. The van der Waals surface area contributed by atoms with Crippen LogP contribution in [0, 0.1) is 0 Å². The molecule has 0 aliphatic carbocycles. The standard InChI is InChI=1S/C13H10N2O4/c16-9-4-1-3-8(7-9)12(17)15-11-10(13(18)19)5-2-6-14-11/h1-7,16H,(H,18,19)(H,14,15,17). The quantitative estimate of drug-likeness (QED) is 0.778. The topological polar surface area (TPSA) is 99.5 Å². The summed E-state index contributed by atoms with van der Waals surface area (Å²) >= 11 is 0. The smallest absolute Gasteiger partial charge is 0.339 e. The lowest BCUT2D eigenvalue weighted by molar-refractivity contribution is 0.0697. The number of carbonyl (C=O) groups is 2. The van der Waals surface area contributed by atoms with Crippen molar-refractivity contribution in [2.45, 2.75) is 0 Å². The first-order chi connectivity index (χ1) is 9.08. The molecular weight excluding hydrogens is 248 g/mol. The minimum Gasteiger partial charge on any atom is -0.508 e. The second kappa shape index (κ2) is 5.18. The number of aromatic nitrogens is 1. The van der Waals surface area contributed by atoms with Crippen LogP contribution in [0.2, 0.25) is 0 Å². The Bertz CT molecular complexity index is 640. The van der Waals surface area contributed by atoms with Crippen LogP contribution in [-0.2, 0) is 0 Å². The Labute approximate surface area is 108 Å². The number of carbonyl (C=O) groups excluding carboxylic acids is 1. The number of rotatable bonds is 3. The number of aromatic hydroxyl groups is 1. The van der Waals surface area contributed by atoms with E-state index in [1.165, 1.54) is 42.6 Å². The third-order valence-corrected chi connectivity index (χ3v) is 2.38. The van der Waals surface area contributed by atoms with Crippen molar-refractivity contribution in [1.82, 2.24) is 4.98 Å². The van der Waals surface area contributed by atoms with E-state index in [0.29, 0.717) is 0 Å². The van der Waals surface area contributed by atoms with Crippen LogP contribution >= 0.6 is 0 Å². The van der Waals surface area contributed by atoms with Crippen molar-refractivity contribution in [3.05, 3.63) is 53.7 Å². The summed E-state index contributed by atoms with van der Waals surface area (Å²) in [5.41, 5.74) is 0.109. The predicted octanol–water partition coefficient (Wildman–Crippen LogP) is 1.74. The highest BCUT2D eigenvalue weighted by atomic mass is 16.4. The van der Waals surface area contributed by atoms with Gasteiger partial charge in [-0.2, -0.15) is 0 Å². The number of hydrogen-bond donors (Lipinski definition) is 3. The summed E-state index contributed by atoms with van der Waals surface area (Å²) < 4.78 is 0. The van der Waals surface area contributed by atoms with Gasteiger partial charge in [0, 0.05) is 11.8 Å². The number of phenols is 1. The number of nitrogens with zero attached hydrogens (tertiary/aromatic N) is 1. The van der Waals surface area contributed by atoms with Crippen LogP contribution in [0.25, 0.3) is 0 Å². The first-order valence-corrected chi connectivity index (χ1v) is 5.36. The second-order valence-corrected chi connectivity index (χ2v) is 3.71. The third kappa shape index (κ3) is 2.86. The molecule has 96 valence electrons. The molecule has 1 amide bonds. The average Bonchev–Trinajstić information content (AvgIpc) is 2.39. The molecule has 0 saturated heterocycles. The van der Waals surface area contributed by atoms with Crippen LogP contribution in [0.3, 0.4) is 0 Å². The Morgan fingerprint density at radius 3 is 2.63 bits per heavy atom. The van der Waals surface area contributed by atoms with Gasteiger partial charge in [0.2, 0.25) is 0 Å². The number of carboxylic acid groups (broad SMARTS) is 1. The Morgan fingerprint density at radius 2 is 1.95 bits per heavy atom. The number of aromatic carboxylic acids is 1. The van der Waals surface area contributed by atoms with Gasteiger partial charge >= 0.3 is 5.97 Å². The number of carboxylic acids is 1. The normalized spacial score (nSPS) is 9.89. The Balaban J connectivity index is 2.27. The Kier molecular flexibility index (Phi) is 3.42. The van der Waals surface area contributed by atoms with E-state index < -0.39 is 11.9 Å². The van der Waals surface area contributed by atoms with Crippen LogP contribution in [0.1, 0.15) is 20.7 Å². The molecule has 6 heteroatoms. The van der Waals surface area contributed by atoms with Crippen molar-refractivity contribution >= 4 is 17.7 Å². The second-order valence-electron chi connectivity index (χ2n) is 3.71. The summed E-state index contributed by atoms with van der Waals surface area (Å²) in [5.74, 6) is -1.81. The number of nitrogens with one attached hydrogen (secondary N) is 1. The van der Waals surface area contributed by atoms with Crippen LogP contribution in [0.5, 0.6) is 5.75 Å².